The molecule has 0 spiro atoms. The highest BCUT2D eigenvalue weighted by Crippen LogP contribution is 2.54. The molecule has 1 aliphatic rings. The fourth-order valence-electron chi connectivity index (χ4n) is 2.64. The van der Waals surface area contributed by atoms with Crippen LogP contribution in [0.5, 0.6) is 0 Å². The van der Waals surface area contributed by atoms with Gasteiger partial charge in [-0.3, -0.25) is 0 Å². The maximum Gasteiger partial charge on any atom is 0.0695 e. The van der Waals surface area contributed by atoms with Gasteiger partial charge in [-0.05, 0) is 37.3 Å². The lowest BCUT2D eigenvalue weighted by atomic mass is 9.65. The Kier molecular flexibility index (Phi) is 4.18. The SMILES string of the molecule is CCC1=CC(C)(Cl)C(C)(CC)C(CC)=C1Cl. The van der Waals surface area contributed by atoms with Gasteiger partial charge in [0.05, 0.1) is 4.87 Å². The van der Waals surface area contributed by atoms with Crippen molar-refractivity contribution < 1.29 is 0 Å². The van der Waals surface area contributed by atoms with Gasteiger partial charge in [0, 0.05) is 10.4 Å². The number of hydrogen-bond donors (Lipinski definition) is 0. The molecule has 0 saturated heterocycles. The smallest absolute Gasteiger partial charge is 0.0695 e. The third kappa shape index (κ3) is 1.95. The van der Waals surface area contributed by atoms with E-state index < -0.39 is 0 Å². The first-order valence-corrected chi connectivity index (χ1v) is 6.89. The van der Waals surface area contributed by atoms with Crippen molar-refractivity contribution in [2.24, 2.45) is 5.41 Å². The van der Waals surface area contributed by atoms with Crippen molar-refractivity contribution in [3.05, 3.63) is 22.3 Å². The Morgan fingerprint density at radius 2 is 1.69 bits per heavy atom. The van der Waals surface area contributed by atoms with Crippen LogP contribution in [0.1, 0.15) is 53.9 Å². The summed E-state index contributed by atoms with van der Waals surface area (Å²) in [4.78, 5) is -0.323. The quantitative estimate of drug-likeness (QED) is 0.575. The number of alkyl halides is 1. The summed E-state index contributed by atoms with van der Waals surface area (Å²) in [7, 11) is 0. The molecule has 1 rings (SSSR count). The van der Waals surface area contributed by atoms with Gasteiger partial charge in [-0.2, -0.15) is 0 Å². The Bertz CT molecular complexity index is 337. The van der Waals surface area contributed by atoms with Gasteiger partial charge in [0.1, 0.15) is 0 Å². The minimum atomic E-state index is -0.323. The monoisotopic (exact) mass is 260 g/mol. The topological polar surface area (TPSA) is 0 Å². The minimum Gasteiger partial charge on any atom is -0.114 e. The number of allylic oxidation sites excluding steroid dienone is 4. The van der Waals surface area contributed by atoms with E-state index in [1.165, 1.54) is 11.1 Å². The highest BCUT2D eigenvalue weighted by molar-refractivity contribution is 6.33. The van der Waals surface area contributed by atoms with E-state index in [0.717, 1.165) is 24.3 Å². The standard InChI is InChI=1S/C14H22Cl2/c1-6-10-9-14(5,16)13(4,8-3)11(7-2)12(10)15/h9H,6-8H2,1-5H3. The molecule has 0 saturated carbocycles. The summed E-state index contributed by atoms with van der Waals surface area (Å²) in [6.45, 7) is 10.8. The van der Waals surface area contributed by atoms with Crippen molar-refractivity contribution >= 4 is 23.2 Å². The van der Waals surface area contributed by atoms with E-state index in [1.807, 2.05) is 0 Å². The van der Waals surface area contributed by atoms with E-state index in [0.29, 0.717) is 0 Å². The maximum atomic E-state index is 6.72. The molecule has 0 aromatic heterocycles. The summed E-state index contributed by atoms with van der Waals surface area (Å²) < 4.78 is 0. The molecule has 0 heterocycles. The summed E-state index contributed by atoms with van der Waals surface area (Å²) in [5.41, 5.74) is 2.48. The lowest BCUT2D eigenvalue weighted by molar-refractivity contribution is 0.302. The molecular weight excluding hydrogens is 239 g/mol. The Labute approximate surface area is 110 Å². The largest absolute Gasteiger partial charge is 0.114 e. The summed E-state index contributed by atoms with van der Waals surface area (Å²) in [5, 5.41) is 0.951. The van der Waals surface area contributed by atoms with Crippen LogP contribution in [-0.2, 0) is 0 Å². The van der Waals surface area contributed by atoms with Crippen LogP contribution in [0.2, 0.25) is 0 Å². The van der Waals surface area contributed by atoms with Crippen LogP contribution in [0, 0.1) is 5.41 Å². The van der Waals surface area contributed by atoms with E-state index in [1.54, 1.807) is 0 Å². The first kappa shape index (κ1) is 14.1. The Balaban J connectivity index is 3.39. The molecule has 16 heavy (non-hydrogen) atoms. The van der Waals surface area contributed by atoms with Crippen molar-refractivity contribution in [1.82, 2.24) is 0 Å². The zero-order valence-corrected chi connectivity index (χ0v) is 12.5. The van der Waals surface area contributed by atoms with Gasteiger partial charge in [-0.25, -0.2) is 0 Å². The second kappa shape index (κ2) is 4.74. The van der Waals surface area contributed by atoms with Gasteiger partial charge >= 0.3 is 0 Å². The lowest BCUT2D eigenvalue weighted by Crippen LogP contribution is -2.41. The van der Waals surface area contributed by atoms with Gasteiger partial charge < -0.3 is 0 Å². The predicted molar refractivity (Wildman–Crippen MR) is 74.2 cm³/mol. The molecule has 2 atom stereocenters. The van der Waals surface area contributed by atoms with Crippen molar-refractivity contribution in [3.8, 4) is 0 Å². The number of halogens is 2. The van der Waals surface area contributed by atoms with E-state index in [-0.39, 0.29) is 10.3 Å². The van der Waals surface area contributed by atoms with Crippen molar-refractivity contribution in [3.63, 3.8) is 0 Å². The van der Waals surface area contributed by atoms with Gasteiger partial charge in [0.2, 0.25) is 0 Å². The fraction of sp³-hybridized carbons (Fsp3) is 0.714. The molecule has 0 amide bonds. The molecule has 0 nitrogen and oxygen atoms in total. The molecule has 0 fully saturated rings. The van der Waals surface area contributed by atoms with Crippen molar-refractivity contribution in [2.45, 2.75) is 58.8 Å². The second-order valence-corrected chi connectivity index (χ2v) is 6.09. The predicted octanol–water partition coefficient (Wildman–Crippen LogP) is 5.65. The highest BCUT2D eigenvalue weighted by atomic mass is 35.5. The molecule has 1 aliphatic carbocycles. The second-order valence-electron chi connectivity index (χ2n) is 4.93. The Morgan fingerprint density at radius 1 is 1.12 bits per heavy atom. The van der Waals surface area contributed by atoms with Crippen LogP contribution in [0.15, 0.2) is 22.3 Å². The Hall–Kier alpha value is 0.0600. The van der Waals surface area contributed by atoms with Gasteiger partial charge in [0.15, 0.2) is 0 Å². The number of hydrogen-bond acceptors (Lipinski definition) is 0. The molecule has 0 aliphatic heterocycles. The molecule has 0 aromatic carbocycles. The zero-order valence-electron chi connectivity index (χ0n) is 11.0. The minimum absolute atomic E-state index is 0.0287. The summed E-state index contributed by atoms with van der Waals surface area (Å²) in [6.07, 6.45) is 5.09. The van der Waals surface area contributed by atoms with E-state index in [4.69, 9.17) is 23.2 Å². The average molecular weight is 261 g/mol. The van der Waals surface area contributed by atoms with Gasteiger partial charge in [-0.15, -0.1) is 11.6 Å². The highest BCUT2D eigenvalue weighted by Gasteiger charge is 2.46. The molecule has 0 bridgehead atoms. The van der Waals surface area contributed by atoms with Crippen LogP contribution in [0.3, 0.4) is 0 Å². The van der Waals surface area contributed by atoms with Crippen LogP contribution < -0.4 is 0 Å². The Morgan fingerprint density at radius 3 is 2.06 bits per heavy atom. The van der Waals surface area contributed by atoms with Gasteiger partial charge in [0.25, 0.3) is 0 Å². The van der Waals surface area contributed by atoms with E-state index >= 15 is 0 Å². The van der Waals surface area contributed by atoms with Crippen molar-refractivity contribution in [1.29, 1.82) is 0 Å². The summed E-state index contributed by atoms with van der Waals surface area (Å²) in [5.74, 6) is 0. The van der Waals surface area contributed by atoms with Crippen LogP contribution in [0.4, 0.5) is 0 Å². The molecule has 92 valence electrons. The van der Waals surface area contributed by atoms with Crippen LogP contribution in [0.25, 0.3) is 0 Å². The third-order valence-electron chi connectivity index (χ3n) is 4.18. The maximum absolute atomic E-state index is 6.72. The zero-order chi connectivity index (χ0) is 12.6. The fourth-order valence-corrected chi connectivity index (χ4v) is 3.55. The molecule has 2 heteroatoms. The third-order valence-corrected chi connectivity index (χ3v) is 5.18. The molecular formula is C14H22Cl2. The molecule has 0 radical (unpaired) electrons. The summed E-state index contributed by atoms with van der Waals surface area (Å²) >= 11 is 13.2. The molecule has 0 N–H and O–H groups in total. The van der Waals surface area contributed by atoms with E-state index in [2.05, 4.69) is 40.7 Å². The van der Waals surface area contributed by atoms with Crippen LogP contribution >= 0.6 is 23.2 Å². The average Bonchev–Trinajstić information content (AvgIpc) is 2.24. The van der Waals surface area contributed by atoms with Gasteiger partial charge in [-0.1, -0.05) is 45.4 Å². The first-order valence-electron chi connectivity index (χ1n) is 6.14. The molecule has 2 unspecified atom stereocenters. The van der Waals surface area contributed by atoms with Crippen molar-refractivity contribution in [2.75, 3.05) is 0 Å². The molecule has 0 aromatic rings. The lowest BCUT2D eigenvalue weighted by Gasteiger charge is -2.46. The summed E-state index contributed by atoms with van der Waals surface area (Å²) in [6, 6.07) is 0. The normalized spacial score (nSPS) is 35.3. The van der Waals surface area contributed by atoms with Crippen LogP contribution in [-0.4, -0.2) is 4.87 Å². The van der Waals surface area contributed by atoms with E-state index in [9.17, 15) is 0 Å². The number of rotatable bonds is 3. The first-order chi connectivity index (χ1) is 7.34.